The summed E-state index contributed by atoms with van der Waals surface area (Å²) in [6.07, 6.45) is 3.98. The van der Waals surface area contributed by atoms with E-state index in [2.05, 4.69) is 113 Å². The molecule has 4 rings (SSSR count). The normalized spacial score (nSPS) is 19.6. The molecular weight excluding hydrogens is 405 g/mol. The number of hydrogen-bond donors (Lipinski definition) is 0. The highest BCUT2D eigenvalue weighted by molar-refractivity contribution is 7.73. The van der Waals surface area contributed by atoms with Crippen LogP contribution in [0, 0.1) is 33.6 Å². The van der Waals surface area contributed by atoms with Crippen molar-refractivity contribution >= 4 is 18.5 Å². The maximum Gasteiger partial charge on any atom is 0.0376 e. The molecule has 1 aliphatic carbocycles. The van der Waals surface area contributed by atoms with Crippen LogP contribution in [0.2, 0.25) is 0 Å². The van der Waals surface area contributed by atoms with Crippen LogP contribution >= 0.6 is 7.92 Å². The predicted molar refractivity (Wildman–Crippen MR) is 142 cm³/mol. The molecule has 0 heterocycles. The summed E-state index contributed by atoms with van der Waals surface area (Å²) in [5, 5.41) is 3.12. The Hall–Kier alpha value is -1.95. The van der Waals surface area contributed by atoms with E-state index in [0.717, 1.165) is 0 Å². The number of nitrogens with zero attached hydrogens (tertiary/aromatic N) is 1. The smallest absolute Gasteiger partial charge is 0.0376 e. The first kappa shape index (κ1) is 23.2. The Kier molecular flexibility index (Phi) is 7.18. The van der Waals surface area contributed by atoms with Gasteiger partial charge in [-0.05, 0) is 90.3 Å². The Morgan fingerprint density at radius 3 is 1.69 bits per heavy atom. The molecule has 2 unspecified atom stereocenters. The summed E-state index contributed by atoms with van der Waals surface area (Å²) in [7, 11) is 4.10. The monoisotopic (exact) mass is 443 g/mol. The van der Waals surface area contributed by atoms with Gasteiger partial charge in [0.1, 0.15) is 0 Å². The van der Waals surface area contributed by atoms with E-state index >= 15 is 0 Å². The minimum Gasteiger partial charge on any atom is -0.302 e. The second kappa shape index (κ2) is 9.90. The molecule has 0 radical (unpaired) electrons. The first-order valence-corrected chi connectivity index (χ1v) is 13.4. The van der Waals surface area contributed by atoms with Crippen LogP contribution < -0.4 is 10.6 Å². The average Bonchev–Trinajstić information content (AvgIpc) is 3.16. The third-order valence-electron chi connectivity index (χ3n) is 6.94. The topological polar surface area (TPSA) is 3.24 Å². The molecule has 0 spiro atoms. The summed E-state index contributed by atoms with van der Waals surface area (Å²) < 4.78 is 0. The predicted octanol–water partition coefficient (Wildman–Crippen LogP) is 6.82. The zero-order valence-electron chi connectivity index (χ0n) is 20.6. The highest BCUT2D eigenvalue weighted by Crippen LogP contribution is 2.54. The molecule has 3 aromatic rings. The molecule has 1 fully saturated rings. The highest BCUT2D eigenvalue weighted by atomic mass is 31.1. The molecule has 0 amide bonds. The van der Waals surface area contributed by atoms with Gasteiger partial charge in [-0.25, -0.2) is 0 Å². The summed E-state index contributed by atoms with van der Waals surface area (Å²) in [6.45, 7) is 9.02. The minimum atomic E-state index is -0.430. The summed E-state index contributed by atoms with van der Waals surface area (Å²) in [5.74, 6) is 0.667. The Morgan fingerprint density at radius 2 is 1.22 bits per heavy atom. The van der Waals surface area contributed by atoms with Crippen LogP contribution in [0.5, 0.6) is 0 Å². The third-order valence-corrected chi connectivity index (χ3v) is 9.87. The maximum absolute atomic E-state index is 2.47. The van der Waals surface area contributed by atoms with Gasteiger partial charge in [-0.2, -0.15) is 0 Å². The van der Waals surface area contributed by atoms with E-state index in [1.54, 1.807) is 10.6 Å². The van der Waals surface area contributed by atoms with E-state index < -0.39 is 7.92 Å². The fraction of sp³-hybridized carbons (Fsp3) is 0.400. The first-order valence-electron chi connectivity index (χ1n) is 12.0. The van der Waals surface area contributed by atoms with Crippen LogP contribution in [0.4, 0.5) is 0 Å². The van der Waals surface area contributed by atoms with Gasteiger partial charge in [-0.15, -0.1) is 0 Å². The second-order valence-corrected chi connectivity index (χ2v) is 12.5. The quantitative estimate of drug-likeness (QED) is 0.378. The van der Waals surface area contributed by atoms with Gasteiger partial charge in [0.05, 0.1) is 0 Å². The minimum absolute atomic E-state index is 0.430. The average molecular weight is 444 g/mol. The van der Waals surface area contributed by atoms with Crippen molar-refractivity contribution in [1.29, 1.82) is 0 Å². The lowest BCUT2D eigenvalue weighted by Crippen LogP contribution is -2.34. The molecule has 0 N–H and O–H groups in total. The Bertz CT molecular complexity index is 964. The Morgan fingerprint density at radius 1 is 0.719 bits per heavy atom. The molecule has 168 valence electrons. The summed E-state index contributed by atoms with van der Waals surface area (Å²) in [4.78, 5) is 2.47. The lowest BCUT2D eigenvalue weighted by Gasteiger charge is -2.38. The zero-order valence-corrected chi connectivity index (χ0v) is 21.5. The lowest BCUT2D eigenvalue weighted by atomic mass is 9.90. The van der Waals surface area contributed by atoms with Crippen molar-refractivity contribution in [3.05, 3.63) is 94.5 Å². The molecule has 0 aliphatic heterocycles. The van der Waals surface area contributed by atoms with Crippen molar-refractivity contribution in [2.45, 2.75) is 58.7 Å². The number of hydrogen-bond acceptors (Lipinski definition) is 1. The van der Waals surface area contributed by atoms with Crippen molar-refractivity contribution in [2.24, 2.45) is 5.92 Å². The van der Waals surface area contributed by atoms with Crippen molar-refractivity contribution in [3.8, 4) is 0 Å². The maximum atomic E-state index is 2.47. The van der Waals surface area contributed by atoms with E-state index in [0.29, 0.717) is 17.6 Å². The largest absolute Gasteiger partial charge is 0.302 e. The van der Waals surface area contributed by atoms with Crippen LogP contribution in [0.25, 0.3) is 0 Å². The summed E-state index contributed by atoms with van der Waals surface area (Å²) in [5.41, 5.74) is 7.71. The summed E-state index contributed by atoms with van der Waals surface area (Å²) >= 11 is 0. The molecule has 0 bridgehead atoms. The van der Waals surface area contributed by atoms with Crippen LogP contribution in [0.1, 0.15) is 53.1 Å². The lowest BCUT2D eigenvalue weighted by molar-refractivity contribution is 0.217. The molecule has 3 aromatic carbocycles. The van der Waals surface area contributed by atoms with E-state index in [-0.39, 0.29) is 0 Å². The number of aryl methyl sites for hydroxylation is 4. The van der Waals surface area contributed by atoms with Crippen LogP contribution in [0.3, 0.4) is 0 Å². The van der Waals surface area contributed by atoms with E-state index in [1.807, 2.05) is 0 Å². The number of rotatable bonds is 6. The van der Waals surface area contributed by atoms with Gasteiger partial charge in [-0.1, -0.05) is 95.4 Å². The van der Waals surface area contributed by atoms with Gasteiger partial charge in [0.15, 0.2) is 0 Å². The standard InChI is InChI=1S/C30H38NP/c1-21-15-22(2)18-26(17-21)32(27-19-23(3)16-24(4)20-27)29-14-10-13-28(29)30(31(5)6)25-11-8-7-9-12-25/h7-9,11-12,15-20,28-30H,10,13-14H2,1-6H3/t28?,29?,30-/m1/s1. The van der Waals surface area contributed by atoms with Crippen molar-refractivity contribution in [1.82, 2.24) is 4.90 Å². The molecular formula is C30H38NP. The Balaban J connectivity index is 1.84. The second-order valence-electron chi connectivity index (χ2n) is 10.0. The highest BCUT2D eigenvalue weighted by Gasteiger charge is 2.41. The number of benzene rings is 3. The van der Waals surface area contributed by atoms with Crippen molar-refractivity contribution in [3.63, 3.8) is 0 Å². The van der Waals surface area contributed by atoms with E-state index in [4.69, 9.17) is 0 Å². The SMILES string of the molecule is Cc1cc(C)cc(P(c2cc(C)cc(C)c2)C2CCCC2[C@@H](c2ccccc2)N(C)C)c1. The molecule has 3 atom stereocenters. The third kappa shape index (κ3) is 5.00. The fourth-order valence-corrected chi connectivity index (χ4v) is 9.52. The van der Waals surface area contributed by atoms with Crippen molar-refractivity contribution in [2.75, 3.05) is 14.1 Å². The van der Waals surface area contributed by atoms with E-state index in [1.165, 1.54) is 47.1 Å². The van der Waals surface area contributed by atoms with Crippen LogP contribution in [-0.2, 0) is 0 Å². The van der Waals surface area contributed by atoms with Gasteiger partial charge in [0, 0.05) is 6.04 Å². The van der Waals surface area contributed by atoms with Gasteiger partial charge in [0.25, 0.3) is 0 Å². The molecule has 1 saturated carbocycles. The van der Waals surface area contributed by atoms with Gasteiger partial charge in [0.2, 0.25) is 0 Å². The van der Waals surface area contributed by atoms with Gasteiger partial charge in [-0.3, -0.25) is 0 Å². The van der Waals surface area contributed by atoms with Gasteiger partial charge >= 0.3 is 0 Å². The van der Waals surface area contributed by atoms with E-state index in [9.17, 15) is 0 Å². The zero-order chi connectivity index (χ0) is 22.8. The molecule has 0 saturated heterocycles. The fourth-order valence-electron chi connectivity index (χ4n) is 5.95. The molecule has 0 aromatic heterocycles. The Labute approximate surface area is 196 Å². The molecule has 1 nitrogen and oxygen atoms in total. The molecule has 2 heteroatoms. The molecule has 1 aliphatic rings. The summed E-state index contributed by atoms with van der Waals surface area (Å²) in [6, 6.07) is 26.2. The van der Waals surface area contributed by atoms with Crippen molar-refractivity contribution < 1.29 is 0 Å². The first-order chi connectivity index (χ1) is 15.3. The van der Waals surface area contributed by atoms with Crippen LogP contribution in [0.15, 0.2) is 66.7 Å². The van der Waals surface area contributed by atoms with Gasteiger partial charge < -0.3 is 4.90 Å². The molecule has 32 heavy (non-hydrogen) atoms. The van der Waals surface area contributed by atoms with Crippen LogP contribution in [-0.4, -0.2) is 24.7 Å².